The van der Waals surface area contributed by atoms with Gasteiger partial charge in [-0.25, -0.2) is 0 Å². The van der Waals surface area contributed by atoms with Crippen LogP contribution in [0.5, 0.6) is 0 Å². The first-order valence-corrected chi connectivity index (χ1v) is 8.39. The lowest BCUT2D eigenvalue weighted by molar-refractivity contribution is 0.396. The van der Waals surface area contributed by atoms with E-state index in [1.807, 2.05) is 36.5 Å². The van der Waals surface area contributed by atoms with Crippen LogP contribution in [0.3, 0.4) is 0 Å². The number of thioether (sulfide) groups is 1. The Morgan fingerprint density at radius 3 is 2.79 bits per heavy atom. The molecule has 24 heavy (non-hydrogen) atoms. The maximum atomic E-state index is 5.60. The Kier molecular flexibility index (Phi) is 3.92. The van der Waals surface area contributed by atoms with Gasteiger partial charge >= 0.3 is 0 Å². The van der Waals surface area contributed by atoms with Crippen molar-refractivity contribution in [1.29, 1.82) is 0 Å². The first-order chi connectivity index (χ1) is 11.8. The van der Waals surface area contributed by atoms with E-state index in [1.54, 1.807) is 0 Å². The zero-order valence-electron chi connectivity index (χ0n) is 12.9. The molecular weight excluding hydrogens is 324 g/mol. The number of rotatable bonds is 5. The summed E-state index contributed by atoms with van der Waals surface area (Å²) >= 11 is 1.41. The van der Waals surface area contributed by atoms with E-state index < -0.39 is 0 Å². The zero-order chi connectivity index (χ0) is 16.4. The second-order valence-corrected chi connectivity index (χ2v) is 6.22. The first-order valence-electron chi connectivity index (χ1n) is 7.40. The van der Waals surface area contributed by atoms with Gasteiger partial charge in [-0.3, -0.25) is 0 Å². The van der Waals surface area contributed by atoms with E-state index in [2.05, 4.69) is 39.4 Å². The number of nitrogens with zero attached hydrogens (tertiary/aromatic N) is 3. The lowest BCUT2D eigenvalue weighted by Gasteiger charge is -1.95. The quantitative estimate of drug-likeness (QED) is 0.546. The summed E-state index contributed by atoms with van der Waals surface area (Å²) in [7, 11) is 0. The van der Waals surface area contributed by atoms with Crippen molar-refractivity contribution in [2.75, 3.05) is 0 Å². The molecule has 4 rings (SSSR count). The fourth-order valence-electron chi connectivity index (χ4n) is 2.21. The smallest absolute Gasteiger partial charge is 0.277 e. The fraction of sp³-hybridized carbons (Fsp3) is 0.118. The summed E-state index contributed by atoms with van der Waals surface area (Å²) in [4.78, 5) is 3.03. The highest BCUT2D eigenvalue weighted by atomic mass is 32.2. The highest BCUT2D eigenvalue weighted by Crippen LogP contribution is 2.27. The first kappa shape index (κ1) is 14.8. The summed E-state index contributed by atoms with van der Waals surface area (Å²) in [5.41, 5.74) is 3.87. The van der Waals surface area contributed by atoms with Crippen LogP contribution in [0, 0.1) is 6.92 Å². The van der Waals surface area contributed by atoms with Crippen LogP contribution in [0.15, 0.2) is 62.8 Å². The van der Waals surface area contributed by atoms with Crippen molar-refractivity contribution in [3.05, 3.63) is 60.0 Å². The Bertz CT molecular complexity index is 926. The highest BCUT2D eigenvalue weighted by Gasteiger charge is 2.12. The predicted octanol–water partition coefficient (Wildman–Crippen LogP) is 4.32. The number of aromatic nitrogens is 4. The van der Waals surface area contributed by atoms with Crippen molar-refractivity contribution in [1.82, 2.24) is 20.3 Å². The van der Waals surface area contributed by atoms with E-state index in [0.29, 0.717) is 16.9 Å². The van der Waals surface area contributed by atoms with Crippen LogP contribution in [0.25, 0.3) is 22.8 Å². The zero-order valence-corrected chi connectivity index (χ0v) is 13.7. The summed E-state index contributed by atoms with van der Waals surface area (Å²) in [6, 6.07) is 13.9. The minimum Gasteiger partial charge on any atom is -0.410 e. The molecule has 3 heterocycles. The molecule has 0 radical (unpaired) electrons. The third kappa shape index (κ3) is 3.11. The second-order valence-electron chi connectivity index (χ2n) is 5.29. The Hall–Kier alpha value is -2.80. The van der Waals surface area contributed by atoms with Gasteiger partial charge in [-0.2, -0.15) is 0 Å². The van der Waals surface area contributed by atoms with Gasteiger partial charge in [-0.1, -0.05) is 46.7 Å². The predicted molar refractivity (Wildman–Crippen MR) is 90.3 cm³/mol. The van der Waals surface area contributed by atoms with E-state index >= 15 is 0 Å². The standard InChI is InChI=1S/C17H14N4O2S/c1-11-4-6-12(7-5-11)15-9-13(23-21-15)10-24-17-20-19-16(22-17)14-3-2-8-18-14/h2-9,18H,10H2,1H3. The third-order valence-corrected chi connectivity index (χ3v) is 4.32. The van der Waals surface area contributed by atoms with Gasteiger partial charge in [0.05, 0.1) is 5.75 Å². The van der Waals surface area contributed by atoms with Gasteiger partial charge in [-0.15, -0.1) is 10.2 Å². The lowest BCUT2D eigenvalue weighted by atomic mass is 10.1. The van der Waals surface area contributed by atoms with Crippen LogP contribution in [0.4, 0.5) is 0 Å². The number of benzene rings is 1. The third-order valence-electron chi connectivity index (χ3n) is 3.48. The molecule has 1 aromatic carbocycles. The molecule has 4 aromatic rings. The molecule has 1 N–H and O–H groups in total. The largest absolute Gasteiger partial charge is 0.410 e. The molecule has 0 unspecified atom stereocenters. The van der Waals surface area contributed by atoms with Crippen molar-refractivity contribution in [2.24, 2.45) is 0 Å². The van der Waals surface area contributed by atoms with E-state index in [1.165, 1.54) is 17.3 Å². The summed E-state index contributed by atoms with van der Waals surface area (Å²) in [5, 5.41) is 12.7. The van der Waals surface area contributed by atoms with Crippen molar-refractivity contribution < 1.29 is 8.94 Å². The maximum absolute atomic E-state index is 5.60. The lowest BCUT2D eigenvalue weighted by Crippen LogP contribution is -1.78. The molecule has 0 aliphatic rings. The Morgan fingerprint density at radius 2 is 2.00 bits per heavy atom. The fourth-order valence-corrected chi connectivity index (χ4v) is 2.85. The van der Waals surface area contributed by atoms with E-state index in [-0.39, 0.29) is 0 Å². The molecular formula is C17H14N4O2S. The molecule has 0 aliphatic heterocycles. The molecule has 6 nitrogen and oxygen atoms in total. The van der Waals surface area contributed by atoms with Crippen molar-refractivity contribution >= 4 is 11.8 Å². The van der Waals surface area contributed by atoms with E-state index in [9.17, 15) is 0 Å². The van der Waals surface area contributed by atoms with Crippen molar-refractivity contribution in [2.45, 2.75) is 17.9 Å². The molecule has 0 atom stereocenters. The highest BCUT2D eigenvalue weighted by molar-refractivity contribution is 7.98. The average molecular weight is 338 g/mol. The minimum absolute atomic E-state index is 0.473. The molecule has 120 valence electrons. The molecule has 0 saturated heterocycles. The molecule has 7 heteroatoms. The van der Waals surface area contributed by atoms with Crippen LogP contribution in [0.1, 0.15) is 11.3 Å². The molecule has 0 aliphatic carbocycles. The molecule has 0 amide bonds. The van der Waals surface area contributed by atoms with Gasteiger partial charge in [0.1, 0.15) is 17.1 Å². The van der Waals surface area contributed by atoms with Crippen LogP contribution < -0.4 is 0 Å². The molecule has 3 aromatic heterocycles. The second kappa shape index (κ2) is 6.37. The summed E-state index contributed by atoms with van der Waals surface area (Å²) < 4.78 is 11.0. The average Bonchev–Trinajstić information content (AvgIpc) is 3.34. The molecule has 0 fully saturated rings. The topological polar surface area (TPSA) is 80.7 Å². The number of hydrogen-bond donors (Lipinski definition) is 1. The van der Waals surface area contributed by atoms with E-state index in [4.69, 9.17) is 8.94 Å². The van der Waals surface area contributed by atoms with Gasteiger partial charge in [-0.05, 0) is 19.1 Å². The SMILES string of the molecule is Cc1ccc(-c2cc(CSc3nnc(-c4ccc[nH]4)o3)on2)cc1. The number of H-pyrrole nitrogens is 1. The number of nitrogens with one attached hydrogen (secondary N) is 1. The Balaban J connectivity index is 1.42. The summed E-state index contributed by atoms with van der Waals surface area (Å²) in [6.45, 7) is 2.06. The maximum Gasteiger partial charge on any atom is 0.277 e. The minimum atomic E-state index is 0.473. The van der Waals surface area contributed by atoms with Gasteiger partial charge in [0.15, 0.2) is 0 Å². The van der Waals surface area contributed by atoms with Crippen molar-refractivity contribution in [3.8, 4) is 22.8 Å². The molecule has 0 saturated carbocycles. The summed E-state index contributed by atoms with van der Waals surface area (Å²) in [6.07, 6.45) is 1.81. The van der Waals surface area contributed by atoms with Crippen LogP contribution in [-0.2, 0) is 5.75 Å². The van der Waals surface area contributed by atoms with Gasteiger partial charge in [0.2, 0.25) is 0 Å². The molecule has 0 bridgehead atoms. The summed E-state index contributed by atoms with van der Waals surface area (Å²) in [5.74, 6) is 1.81. The van der Waals surface area contributed by atoms with Gasteiger partial charge < -0.3 is 13.9 Å². The van der Waals surface area contributed by atoms with Crippen molar-refractivity contribution in [3.63, 3.8) is 0 Å². The van der Waals surface area contributed by atoms with Crippen LogP contribution in [-0.4, -0.2) is 20.3 Å². The van der Waals surface area contributed by atoms with E-state index in [0.717, 1.165) is 22.7 Å². The van der Waals surface area contributed by atoms with Crippen LogP contribution in [0.2, 0.25) is 0 Å². The van der Waals surface area contributed by atoms with Gasteiger partial charge in [0, 0.05) is 17.8 Å². The Morgan fingerprint density at radius 1 is 1.12 bits per heavy atom. The monoisotopic (exact) mass is 338 g/mol. The number of hydrogen-bond acceptors (Lipinski definition) is 6. The normalized spacial score (nSPS) is 11.0. The number of aromatic amines is 1. The van der Waals surface area contributed by atoms with Gasteiger partial charge in [0.25, 0.3) is 11.1 Å². The number of aryl methyl sites for hydroxylation is 1. The Labute approximate surface area is 142 Å². The van der Waals surface area contributed by atoms with Crippen LogP contribution >= 0.6 is 11.8 Å². The molecule has 0 spiro atoms.